The highest BCUT2D eigenvalue weighted by molar-refractivity contribution is 5.99. The summed E-state index contributed by atoms with van der Waals surface area (Å²) >= 11 is 0. The van der Waals surface area contributed by atoms with E-state index in [1.54, 1.807) is 52.1 Å². The van der Waals surface area contributed by atoms with E-state index in [4.69, 9.17) is 9.47 Å². The predicted molar refractivity (Wildman–Crippen MR) is 150 cm³/mol. The van der Waals surface area contributed by atoms with Crippen LogP contribution in [0.15, 0.2) is 42.5 Å². The van der Waals surface area contributed by atoms with Gasteiger partial charge in [0.2, 0.25) is 5.91 Å². The van der Waals surface area contributed by atoms with Gasteiger partial charge in [0.25, 0.3) is 5.91 Å². The molecule has 0 saturated carbocycles. The molecular formula is C30H40N4O5. The molecular weight excluding hydrogens is 496 g/mol. The Balaban J connectivity index is 2.55. The first-order chi connectivity index (χ1) is 18.2. The number of rotatable bonds is 10. The van der Waals surface area contributed by atoms with Gasteiger partial charge in [-0.15, -0.1) is 0 Å². The van der Waals surface area contributed by atoms with Crippen molar-refractivity contribution in [3.8, 4) is 11.8 Å². The monoisotopic (exact) mass is 536 g/mol. The van der Waals surface area contributed by atoms with Gasteiger partial charge in [-0.2, -0.15) is 5.26 Å². The van der Waals surface area contributed by atoms with Crippen molar-refractivity contribution in [2.24, 2.45) is 5.92 Å². The van der Waals surface area contributed by atoms with Gasteiger partial charge in [-0.05, 0) is 82.3 Å². The number of benzene rings is 2. The van der Waals surface area contributed by atoms with Crippen LogP contribution >= 0.6 is 0 Å². The van der Waals surface area contributed by atoms with Crippen molar-refractivity contribution in [2.75, 3.05) is 19.0 Å². The number of aryl methyl sites for hydroxylation is 2. The molecule has 9 heteroatoms. The lowest BCUT2D eigenvalue weighted by Gasteiger charge is -2.34. The number of carbonyl (C=O) groups excluding carboxylic acids is 3. The Hall–Kier alpha value is -4.06. The lowest BCUT2D eigenvalue weighted by atomic mass is 9.95. The Morgan fingerprint density at radius 3 is 2.23 bits per heavy atom. The van der Waals surface area contributed by atoms with E-state index in [0.717, 1.165) is 11.1 Å². The highest BCUT2D eigenvalue weighted by Gasteiger charge is 2.37. The number of nitrogens with one attached hydrogen (secondary N) is 2. The number of amides is 3. The summed E-state index contributed by atoms with van der Waals surface area (Å²) in [5, 5.41) is 15.3. The summed E-state index contributed by atoms with van der Waals surface area (Å²) in [4.78, 5) is 41.7. The molecule has 0 spiro atoms. The number of methoxy groups -OCH3 is 1. The van der Waals surface area contributed by atoms with E-state index >= 15 is 0 Å². The minimum absolute atomic E-state index is 0.0325. The third-order valence-corrected chi connectivity index (χ3v) is 5.87. The molecule has 0 aliphatic carbocycles. The zero-order chi connectivity index (χ0) is 29.3. The van der Waals surface area contributed by atoms with Gasteiger partial charge >= 0.3 is 6.09 Å². The van der Waals surface area contributed by atoms with Crippen LogP contribution in [0.25, 0.3) is 0 Å². The standard InChI is InChI=1S/C30H40N4O5/c1-19(2)17-25(33-29(37)39-30(5,6)7)28(36)34(16-15-31)26(24-18-20(3)9-10-21(24)4)27(35)32-22-11-13-23(38-8)14-12-22/h9-14,18-19,25-26H,16-17H2,1-8H3,(H,32,35)(H,33,37). The van der Waals surface area contributed by atoms with Crippen LogP contribution in [0.2, 0.25) is 0 Å². The molecule has 2 aromatic rings. The molecule has 0 radical (unpaired) electrons. The summed E-state index contributed by atoms with van der Waals surface area (Å²) in [6.07, 6.45) is -0.455. The van der Waals surface area contributed by atoms with Gasteiger partial charge in [-0.3, -0.25) is 9.59 Å². The molecule has 2 rings (SSSR count). The largest absolute Gasteiger partial charge is 0.497 e. The van der Waals surface area contributed by atoms with Gasteiger partial charge in [0.05, 0.1) is 13.2 Å². The fourth-order valence-corrected chi connectivity index (χ4v) is 4.11. The second kappa shape index (κ2) is 13.7. The van der Waals surface area contributed by atoms with Gasteiger partial charge in [-0.25, -0.2) is 4.79 Å². The third kappa shape index (κ3) is 9.32. The van der Waals surface area contributed by atoms with Crippen molar-refractivity contribution in [1.29, 1.82) is 5.26 Å². The summed E-state index contributed by atoms with van der Waals surface area (Å²) in [7, 11) is 1.55. The summed E-state index contributed by atoms with van der Waals surface area (Å²) in [6.45, 7) is 12.4. The number of ether oxygens (including phenoxy) is 2. The van der Waals surface area contributed by atoms with Crippen molar-refractivity contribution in [3.05, 3.63) is 59.2 Å². The summed E-state index contributed by atoms with van der Waals surface area (Å²) in [6, 6.07) is 12.3. The van der Waals surface area contributed by atoms with E-state index in [1.807, 2.05) is 52.0 Å². The molecule has 2 unspecified atom stereocenters. The molecule has 3 amide bonds. The Kier molecular flexibility index (Phi) is 10.9. The van der Waals surface area contributed by atoms with E-state index in [-0.39, 0.29) is 12.5 Å². The Bertz CT molecular complexity index is 1200. The maximum Gasteiger partial charge on any atom is 0.408 e. The molecule has 0 aliphatic rings. The highest BCUT2D eigenvalue weighted by Crippen LogP contribution is 2.29. The van der Waals surface area contributed by atoms with Crippen LogP contribution < -0.4 is 15.4 Å². The molecule has 2 N–H and O–H groups in total. The SMILES string of the molecule is COc1ccc(NC(=O)C(c2cc(C)ccc2C)N(CC#N)C(=O)C(CC(C)C)NC(=O)OC(C)(C)C)cc1. The van der Waals surface area contributed by atoms with Crippen LogP contribution in [-0.2, 0) is 14.3 Å². The number of nitrogens with zero attached hydrogens (tertiary/aromatic N) is 2. The van der Waals surface area contributed by atoms with Gasteiger partial charge < -0.3 is 25.0 Å². The van der Waals surface area contributed by atoms with Gasteiger partial charge in [-0.1, -0.05) is 37.6 Å². The summed E-state index contributed by atoms with van der Waals surface area (Å²) in [5.74, 6) is -0.375. The second-order valence-electron chi connectivity index (χ2n) is 10.9. The molecule has 9 nitrogen and oxygen atoms in total. The van der Waals surface area contributed by atoms with Crippen molar-refractivity contribution in [1.82, 2.24) is 10.2 Å². The lowest BCUT2D eigenvalue weighted by molar-refractivity contribution is -0.140. The molecule has 0 heterocycles. The lowest BCUT2D eigenvalue weighted by Crippen LogP contribution is -2.53. The van der Waals surface area contributed by atoms with Gasteiger partial charge in [0, 0.05) is 5.69 Å². The number of carbonyl (C=O) groups is 3. The van der Waals surface area contributed by atoms with Crippen molar-refractivity contribution >= 4 is 23.6 Å². The Morgan fingerprint density at radius 1 is 1.05 bits per heavy atom. The van der Waals surface area contributed by atoms with Crippen LogP contribution in [0.1, 0.15) is 63.8 Å². The molecule has 2 atom stereocenters. The van der Waals surface area contributed by atoms with E-state index in [0.29, 0.717) is 23.4 Å². The molecule has 2 aromatic carbocycles. The second-order valence-corrected chi connectivity index (χ2v) is 10.9. The van der Waals surface area contributed by atoms with Gasteiger partial charge in [0.15, 0.2) is 0 Å². The van der Waals surface area contributed by atoms with E-state index < -0.39 is 35.6 Å². The van der Waals surface area contributed by atoms with Crippen LogP contribution in [0, 0.1) is 31.1 Å². The zero-order valence-corrected chi connectivity index (χ0v) is 24.1. The minimum atomic E-state index is -1.13. The zero-order valence-electron chi connectivity index (χ0n) is 24.1. The van der Waals surface area contributed by atoms with Crippen molar-refractivity contribution < 1.29 is 23.9 Å². The fourth-order valence-electron chi connectivity index (χ4n) is 4.11. The average Bonchev–Trinajstić information content (AvgIpc) is 2.84. The predicted octanol–water partition coefficient (Wildman–Crippen LogP) is 5.28. The van der Waals surface area contributed by atoms with E-state index in [2.05, 4.69) is 10.6 Å². The first-order valence-electron chi connectivity index (χ1n) is 12.9. The average molecular weight is 537 g/mol. The molecule has 0 aromatic heterocycles. The maximum absolute atomic E-state index is 14.0. The van der Waals surface area contributed by atoms with Gasteiger partial charge in [0.1, 0.15) is 30.0 Å². The molecule has 0 fully saturated rings. The number of anilines is 1. The fraction of sp³-hybridized carbons (Fsp3) is 0.467. The van der Waals surface area contributed by atoms with Crippen LogP contribution in [-0.4, -0.2) is 48.1 Å². The maximum atomic E-state index is 14.0. The van der Waals surface area contributed by atoms with Crippen molar-refractivity contribution in [2.45, 2.75) is 72.6 Å². The van der Waals surface area contributed by atoms with Crippen LogP contribution in [0.5, 0.6) is 5.75 Å². The Morgan fingerprint density at radius 2 is 1.69 bits per heavy atom. The van der Waals surface area contributed by atoms with Crippen molar-refractivity contribution in [3.63, 3.8) is 0 Å². The summed E-state index contributed by atoms with van der Waals surface area (Å²) < 4.78 is 10.6. The molecule has 0 bridgehead atoms. The minimum Gasteiger partial charge on any atom is -0.497 e. The molecule has 0 saturated heterocycles. The van der Waals surface area contributed by atoms with Crippen LogP contribution in [0.4, 0.5) is 10.5 Å². The molecule has 210 valence electrons. The number of hydrogen-bond donors (Lipinski definition) is 2. The van der Waals surface area contributed by atoms with E-state index in [1.165, 1.54) is 4.90 Å². The number of alkyl carbamates (subject to hydrolysis) is 1. The van der Waals surface area contributed by atoms with Crippen LogP contribution in [0.3, 0.4) is 0 Å². The molecule has 0 aliphatic heterocycles. The first-order valence-corrected chi connectivity index (χ1v) is 12.9. The summed E-state index contributed by atoms with van der Waals surface area (Å²) in [5.41, 5.74) is 2.01. The topological polar surface area (TPSA) is 121 Å². The quantitative estimate of drug-likeness (QED) is 0.399. The van der Waals surface area contributed by atoms with E-state index in [9.17, 15) is 19.6 Å². The highest BCUT2D eigenvalue weighted by atomic mass is 16.6. The third-order valence-electron chi connectivity index (χ3n) is 5.87. The number of hydrogen-bond acceptors (Lipinski definition) is 6. The Labute approximate surface area is 231 Å². The normalized spacial score (nSPS) is 12.6. The first kappa shape index (κ1) is 31.2. The molecule has 39 heavy (non-hydrogen) atoms. The smallest absolute Gasteiger partial charge is 0.408 e. The number of nitriles is 1.